The maximum atomic E-state index is 11.9. The van der Waals surface area contributed by atoms with E-state index in [9.17, 15) is 9.59 Å². The van der Waals surface area contributed by atoms with Crippen LogP contribution in [0.2, 0.25) is 0 Å². The smallest absolute Gasteiger partial charge is 0.261 e. The SMILES string of the molecule is C=Cc1cccc2c1C(=C)C(=O)N(C)C2=O. The minimum atomic E-state index is -0.355. The number of carbonyl (C=O) groups excluding carboxylic acids is 2. The third kappa shape index (κ3) is 1.21. The van der Waals surface area contributed by atoms with Gasteiger partial charge in [0.15, 0.2) is 0 Å². The first-order chi connectivity index (χ1) is 7.57. The van der Waals surface area contributed by atoms with Crippen LogP contribution in [0, 0.1) is 0 Å². The second-order valence-corrected chi connectivity index (χ2v) is 3.62. The molecule has 0 unspecified atom stereocenters. The average Bonchev–Trinajstić information content (AvgIpc) is 2.32. The van der Waals surface area contributed by atoms with Crippen molar-refractivity contribution in [3.63, 3.8) is 0 Å². The standard InChI is InChI=1S/C13H11NO2/c1-4-9-6-5-7-10-11(9)8(2)12(15)14(3)13(10)16/h4-7H,1-2H2,3H3. The maximum absolute atomic E-state index is 11.9. The predicted octanol–water partition coefficient (Wildman–Crippen LogP) is 1.96. The van der Waals surface area contributed by atoms with E-state index in [4.69, 9.17) is 0 Å². The molecule has 0 saturated heterocycles. The fraction of sp³-hybridized carbons (Fsp3) is 0.0769. The predicted molar refractivity (Wildman–Crippen MR) is 62.7 cm³/mol. The molecule has 0 bridgehead atoms. The summed E-state index contributed by atoms with van der Waals surface area (Å²) in [6, 6.07) is 5.27. The molecule has 0 radical (unpaired) electrons. The Labute approximate surface area is 93.7 Å². The number of nitrogens with zero attached hydrogens (tertiary/aromatic N) is 1. The normalized spacial score (nSPS) is 15.1. The van der Waals surface area contributed by atoms with E-state index in [0.717, 1.165) is 10.5 Å². The van der Waals surface area contributed by atoms with Crippen molar-refractivity contribution < 1.29 is 9.59 Å². The van der Waals surface area contributed by atoms with Crippen LogP contribution in [0.3, 0.4) is 0 Å². The van der Waals surface area contributed by atoms with Crippen molar-refractivity contribution in [2.45, 2.75) is 0 Å². The van der Waals surface area contributed by atoms with Crippen molar-refractivity contribution in [3.05, 3.63) is 48.0 Å². The van der Waals surface area contributed by atoms with Crippen LogP contribution >= 0.6 is 0 Å². The van der Waals surface area contributed by atoms with Crippen molar-refractivity contribution in [1.82, 2.24) is 4.90 Å². The van der Waals surface area contributed by atoms with Gasteiger partial charge in [0.1, 0.15) is 0 Å². The van der Waals surface area contributed by atoms with Gasteiger partial charge in [-0.05, 0) is 11.6 Å². The van der Waals surface area contributed by atoms with Crippen LogP contribution in [0.4, 0.5) is 0 Å². The van der Waals surface area contributed by atoms with Gasteiger partial charge in [0.25, 0.3) is 11.8 Å². The van der Waals surface area contributed by atoms with Gasteiger partial charge in [-0.15, -0.1) is 0 Å². The molecule has 0 aromatic heterocycles. The van der Waals surface area contributed by atoms with Crippen molar-refractivity contribution in [2.24, 2.45) is 0 Å². The highest BCUT2D eigenvalue weighted by molar-refractivity contribution is 6.30. The highest BCUT2D eigenvalue weighted by Gasteiger charge is 2.32. The van der Waals surface area contributed by atoms with Crippen LogP contribution in [0.5, 0.6) is 0 Å². The molecule has 0 saturated carbocycles. The summed E-state index contributed by atoms with van der Waals surface area (Å²) in [7, 11) is 1.46. The maximum Gasteiger partial charge on any atom is 0.261 e. The van der Waals surface area contributed by atoms with Crippen LogP contribution in [-0.4, -0.2) is 23.8 Å². The van der Waals surface area contributed by atoms with E-state index in [1.807, 2.05) is 6.07 Å². The molecular formula is C13H11NO2. The molecule has 0 atom stereocenters. The van der Waals surface area contributed by atoms with Gasteiger partial charge >= 0.3 is 0 Å². The van der Waals surface area contributed by atoms with Gasteiger partial charge < -0.3 is 0 Å². The molecule has 1 aromatic carbocycles. The van der Waals surface area contributed by atoms with Crippen LogP contribution in [0.25, 0.3) is 11.6 Å². The quantitative estimate of drug-likeness (QED) is 0.528. The minimum Gasteiger partial charge on any atom is -0.277 e. The monoisotopic (exact) mass is 213 g/mol. The number of benzene rings is 1. The highest BCUT2D eigenvalue weighted by atomic mass is 16.2. The summed E-state index contributed by atoms with van der Waals surface area (Å²) in [5.74, 6) is -0.650. The molecule has 0 spiro atoms. The lowest BCUT2D eigenvalue weighted by molar-refractivity contribution is -0.121. The molecule has 0 aliphatic carbocycles. The minimum absolute atomic E-state index is 0.295. The summed E-state index contributed by atoms with van der Waals surface area (Å²) in [5.41, 5.74) is 2.21. The third-order valence-electron chi connectivity index (χ3n) is 2.72. The Morgan fingerprint density at radius 1 is 1.25 bits per heavy atom. The Bertz CT molecular complexity index is 529. The van der Waals surface area contributed by atoms with Gasteiger partial charge in [0.05, 0.1) is 0 Å². The molecule has 0 N–H and O–H groups in total. The van der Waals surface area contributed by atoms with Gasteiger partial charge in [-0.1, -0.05) is 31.4 Å². The van der Waals surface area contributed by atoms with Gasteiger partial charge in [-0.25, -0.2) is 0 Å². The number of rotatable bonds is 1. The number of likely N-dealkylation sites (N-methyl/N-ethyl adjacent to an activating group) is 1. The number of carbonyl (C=O) groups is 2. The van der Waals surface area contributed by atoms with Crippen molar-refractivity contribution in [1.29, 1.82) is 0 Å². The summed E-state index contributed by atoms with van der Waals surface area (Å²) in [5, 5.41) is 0. The zero-order valence-electron chi connectivity index (χ0n) is 8.99. The van der Waals surface area contributed by atoms with E-state index in [-0.39, 0.29) is 11.8 Å². The Morgan fingerprint density at radius 3 is 2.56 bits per heavy atom. The van der Waals surface area contributed by atoms with Crippen LogP contribution < -0.4 is 0 Å². The lowest BCUT2D eigenvalue weighted by Crippen LogP contribution is -2.38. The first kappa shape index (κ1) is 10.4. The summed E-state index contributed by atoms with van der Waals surface area (Å²) < 4.78 is 0. The number of hydrogen-bond acceptors (Lipinski definition) is 2. The van der Waals surface area contributed by atoms with Crippen LogP contribution in [0.1, 0.15) is 21.5 Å². The van der Waals surface area contributed by atoms with E-state index in [2.05, 4.69) is 13.2 Å². The van der Waals surface area contributed by atoms with Crippen molar-refractivity contribution >= 4 is 23.5 Å². The number of fused-ring (bicyclic) bond motifs is 1. The van der Waals surface area contributed by atoms with E-state index >= 15 is 0 Å². The summed E-state index contributed by atoms with van der Waals surface area (Å²) in [4.78, 5) is 24.7. The molecule has 1 aromatic rings. The first-order valence-electron chi connectivity index (χ1n) is 4.85. The summed E-state index contributed by atoms with van der Waals surface area (Å²) in [6.45, 7) is 7.40. The Kier molecular flexibility index (Phi) is 2.23. The van der Waals surface area contributed by atoms with Gasteiger partial charge in [0.2, 0.25) is 0 Å². The number of imide groups is 1. The summed E-state index contributed by atoms with van der Waals surface area (Å²) >= 11 is 0. The zero-order valence-corrected chi connectivity index (χ0v) is 8.99. The second kappa shape index (κ2) is 3.45. The molecule has 0 fully saturated rings. The van der Waals surface area contributed by atoms with Gasteiger partial charge in [-0.3, -0.25) is 14.5 Å². The molecule has 1 heterocycles. The van der Waals surface area contributed by atoms with E-state index < -0.39 is 0 Å². The van der Waals surface area contributed by atoms with Gasteiger partial charge in [0, 0.05) is 23.7 Å². The molecule has 16 heavy (non-hydrogen) atoms. The van der Waals surface area contributed by atoms with E-state index in [1.165, 1.54) is 7.05 Å². The molecule has 1 aliphatic heterocycles. The molecule has 3 heteroatoms. The highest BCUT2D eigenvalue weighted by Crippen LogP contribution is 2.30. The zero-order chi connectivity index (χ0) is 11.9. The summed E-state index contributed by atoms with van der Waals surface area (Å²) in [6.07, 6.45) is 1.62. The molecule has 2 rings (SSSR count). The van der Waals surface area contributed by atoms with Crippen LogP contribution in [-0.2, 0) is 4.79 Å². The largest absolute Gasteiger partial charge is 0.277 e. The molecule has 80 valence electrons. The lowest BCUT2D eigenvalue weighted by Gasteiger charge is -2.25. The molecule has 1 aliphatic rings. The molecule has 2 amide bonds. The fourth-order valence-electron chi connectivity index (χ4n) is 1.84. The Hall–Kier alpha value is -2.16. The topological polar surface area (TPSA) is 37.4 Å². The molecular weight excluding hydrogens is 202 g/mol. The fourth-order valence-corrected chi connectivity index (χ4v) is 1.84. The third-order valence-corrected chi connectivity index (χ3v) is 2.72. The number of hydrogen-bond donors (Lipinski definition) is 0. The van der Waals surface area contributed by atoms with E-state index in [0.29, 0.717) is 16.7 Å². The Balaban J connectivity index is 2.77. The average molecular weight is 213 g/mol. The van der Waals surface area contributed by atoms with Gasteiger partial charge in [-0.2, -0.15) is 0 Å². The van der Waals surface area contributed by atoms with E-state index in [1.54, 1.807) is 18.2 Å². The first-order valence-corrected chi connectivity index (χ1v) is 4.85. The molecule has 3 nitrogen and oxygen atoms in total. The van der Waals surface area contributed by atoms with Crippen molar-refractivity contribution in [2.75, 3.05) is 7.05 Å². The van der Waals surface area contributed by atoms with Crippen LogP contribution in [0.15, 0.2) is 31.4 Å². The van der Waals surface area contributed by atoms with Crippen molar-refractivity contribution in [3.8, 4) is 0 Å². The lowest BCUT2D eigenvalue weighted by atomic mass is 9.90. The Morgan fingerprint density at radius 2 is 1.94 bits per heavy atom. The second-order valence-electron chi connectivity index (χ2n) is 3.62. The number of amides is 2.